The summed E-state index contributed by atoms with van der Waals surface area (Å²) in [6, 6.07) is 31.2. The van der Waals surface area contributed by atoms with Crippen LogP contribution in [-0.2, 0) is 12.8 Å². The van der Waals surface area contributed by atoms with Gasteiger partial charge in [-0.3, -0.25) is 0 Å². The predicted octanol–water partition coefficient (Wildman–Crippen LogP) is 4.95. The molecule has 0 fully saturated rings. The fourth-order valence-electron chi connectivity index (χ4n) is 4.54. The molecular formula is C29H38N4. The van der Waals surface area contributed by atoms with Crippen LogP contribution in [0.15, 0.2) is 84.9 Å². The fraction of sp³-hybridized carbons (Fsp3) is 0.379. The molecular weight excluding hydrogens is 404 g/mol. The molecule has 3 aromatic rings. The molecule has 0 spiro atoms. The number of rotatable bonds is 5. The third-order valence-electron chi connectivity index (χ3n) is 6.53. The lowest BCUT2D eigenvalue weighted by Crippen LogP contribution is -2.50. The molecule has 1 heterocycles. The summed E-state index contributed by atoms with van der Waals surface area (Å²) in [5.41, 5.74) is 5.06. The van der Waals surface area contributed by atoms with E-state index in [0.717, 1.165) is 38.2 Å². The van der Waals surface area contributed by atoms with Crippen molar-refractivity contribution in [2.24, 2.45) is 5.92 Å². The van der Waals surface area contributed by atoms with Crippen LogP contribution < -0.4 is 21.3 Å². The molecule has 0 saturated heterocycles. The van der Waals surface area contributed by atoms with Crippen LogP contribution in [0.4, 0.5) is 11.4 Å². The summed E-state index contributed by atoms with van der Waals surface area (Å²) >= 11 is 0. The minimum absolute atomic E-state index is 0.302. The molecule has 3 aromatic carbocycles. The van der Waals surface area contributed by atoms with E-state index in [1.165, 1.54) is 16.8 Å². The van der Waals surface area contributed by atoms with Crippen molar-refractivity contribution in [3.05, 3.63) is 96.1 Å². The second kappa shape index (κ2) is 11.9. The maximum absolute atomic E-state index is 3.88. The SMILES string of the molecule is CC(C)[C@H]1CN[C@@H](Cc2ccccc2)CNc2ccccc2N[C@@H](Cc2ccccc2)CN1. The van der Waals surface area contributed by atoms with Crippen LogP contribution in [0.5, 0.6) is 0 Å². The van der Waals surface area contributed by atoms with Crippen LogP contribution in [0.25, 0.3) is 0 Å². The summed E-state index contributed by atoms with van der Waals surface area (Å²) in [5.74, 6) is 0.551. The molecule has 0 amide bonds. The normalized spacial score (nSPS) is 21.7. The van der Waals surface area contributed by atoms with E-state index in [1.54, 1.807) is 0 Å². The molecule has 1 aliphatic rings. The van der Waals surface area contributed by atoms with Gasteiger partial charge in [0.15, 0.2) is 0 Å². The summed E-state index contributed by atoms with van der Waals surface area (Å²) < 4.78 is 0. The van der Waals surface area contributed by atoms with Gasteiger partial charge in [0, 0.05) is 37.8 Å². The molecule has 0 aromatic heterocycles. The van der Waals surface area contributed by atoms with Gasteiger partial charge in [0.1, 0.15) is 0 Å². The zero-order valence-electron chi connectivity index (χ0n) is 19.9. The maximum atomic E-state index is 3.88. The summed E-state index contributed by atoms with van der Waals surface area (Å²) in [7, 11) is 0. The van der Waals surface area contributed by atoms with E-state index in [4.69, 9.17) is 0 Å². The number of hydrogen-bond acceptors (Lipinski definition) is 4. The van der Waals surface area contributed by atoms with E-state index >= 15 is 0 Å². The van der Waals surface area contributed by atoms with Crippen LogP contribution in [0, 0.1) is 5.92 Å². The van der Waals surface area contributed by atoms with Gasteiger partial charge in [-0.1, -0.05) is 86.6 Å². The zero-order valence-corrected chi connectivity index (χ0v) is 19.9. The number of nitrogens with one attached hydrogen (secondary N) is 4. The predicted molar refractivity (Wildman–Crippen MR) is 141 cm³/mol. The van der Waals surface area contributed by atoms with Gasteiger partial charge in [-0.15, -0.1) is 0 Å². The lowest BCUT2D eigenvalue weighted by Gasteiger charge is -2.31. The molecule has 0 radical (unpaired) electrons. The number of anilines is 2. The molecule has 3 atom stereocenters. The van der Waals surface area contributed by atoms with Crippen molar-refractivity contribution in [3.63, 3.8) is 0 Å². The van der Waals surface area contributed by atoms with Crippen LogP contribution in [0.3, 0.4) is 0 Å². The lowest BCUT2D eigenvalue weighted by molar-refractivity contribution is 0.354. The highest BCUT2D eigenvalue weighted by atomic mass is 15.1. The molecule has 0 unspecified atom stereocenters. The first-order chi connectivity index (χ1) is 16.2. The quantitative estimate of drug-likeness (QED) is 0.452. The highest BCUT2D eigenvalue weighted by Gasteiger charge is 2.20. The highest BCUT2D eigenvalue weighted by molar-refractivity contribution is 5.69. The van der Waals surface area contributed by atoms with Gasteiger partial charge in [0.25, 0.3) is 0 Å². The van der Waals surface area contributed by atoms with Crippen molar-refractivity contribution in [3.8, 4) is 0 Å². The highest BCUT2D eigenvalue weighted by Crippen LogP contribution is 2.23. The Labute approximate surface area is 199 Å². The van der Waals surface area contributed by atoms with Gasteiger partial charge in [0.2, 0.25) is 0 Å². The Kier molecular flexibility index (Phi) is 8.40. The van der Waals surface area contributed by atoms with E-state index in [-0.39, 0.29) is 0 Å². The van der Waals surface area contributed by atoms with E-state index < -0.39 is 0 Å². The fourth-order valence-corrected chi connectivity index (χ4v) is 4.54. The van der Waals surface area contributed by atoms with Crippen molar-refractivity contribution >= 4 is 11.4 Å². The molecule has 4 rings (SSSR count). The summed E-state index contributed by atoms with van der Waals surface area (Å²) in [6.07, 6.45) is 1.99. The molecule has 4 N–H and O–H groups in total. The lowest BCUT2D eigenvalue weighted by atomic mass is 10.00. The maximum Gasteiger partial charge on any atom is 0.0578 e. The summed E-state index contributed by atoms with van der Waals surface area (Å²) in [4.78, 5) is 0. The third-order valence-corrected chi connectivity index (χ3v) is 6.53. The Balaban J connectivity index is 1.55. The van der Waals surface area contributed by atoms with Crippen LogP contribution in [-0.4, -0.2) is 37.8 Å². The monoisotopic (exact) mass is 442 g/mol. The van der Waals surface area contributed by atoms with Crippen molar-refractivity contribution in [2.45, 2.75) is 44.8 Å². The molecule has 4 nitrogen and oxygen atoms in total. The third kappa shape index (κ3) is 7.08. The molecule has 0 saturated carbocycles. The van der Waals surface area contributed by atoms with Crippen molar-refractivity contribution in [2.75, 3.05) is 30.3 Å². The van der Waals surface area contributed by atoms with E-state index in [0.29, 0.717) is 24.0 Å². The molecule has 1 aliphatic heterocycles. The average Bonchev–Trinajstić information content (AvgIpc) is 2.83. The van der Waals surface area contributed by atoms with Crippen molar-refractivity contribution in [1.29, 1.82) is 0 Å². The van der Waals surface area contributed by atoms with E-state index in [9.17, 15) is 0 Å². The van der Waals surface area contributed by atoms with Gasteiger partial charge < -0.3 is 21.3 Å². The van der Waals surface area contributed by atoms with Gasteiger partial charge >= 0.3 is 0 Å². The first kappa shape index (κ1) is 23.3. The molecule has 174 valence electrons. The molecule has 33 heavy (non-hydrogen) atoms. The molecule has 4 heteroatoms. The molecule has 0 aliphatic carbocycles. The number of para-hydroxylation sites is 2. The second-order valence-corrected chi connectivity index (χ2v) is 9.51. The number of fused-ring (bicyclic) bond motifs is 1. The summed E-state index contributed by atoms with van der Waals surface area (Å²) in [6.45, 7) is 7.37. The van der Waals surface area contributed by atoms with Crippen LogP contribution in [0.1, 0.15) is 25.0 Å². The Morgan fingerprint density at radius 2 is 1.21 bits per heavy atom. The topological polar surface area (TPSA) is 48.1 Å². The Morgan fingerprint density at radius 3 is 1.85 bits per heavy atom. The van der Waals surface area contributed by atoms with Gasteiger partial charge in [-0.2, -0.15) is 0 Å². The number of benzene rings is 3. The standard InChI is InChI=1S/C29H38N4/c1-22(2)29-21-30-25(17-23-11-5-3-6-12-23)19-31-27-15-9-10-16-28(27)33-26(20-32-29)18-24-13-7-4-8-14-24/h3-16,22,25-26,29-33H,17-21H2,1-2H3/t25-,26-,29+/m0/s1. The van der Waals surface area contributed by atoms with Gasteiger partial charge in [-0.05, 0) is 42.0 Å². The zero-order chi connectivity index (χ0) is 22.9. The van der Waals surface area contributed by atoms with Crippen LogP contribution in [0.2, 0.25) is 0 Å². The van der Waals surface area contributed by atoms with E-state index in [1.807, 2.05) is 0 Å². The Morgan fingerprint density at radius 1 is 0.636 bits per heavy atom. The average molecular weight is 443 g/mol. The molecule has 0 bridgehead atoms. The van der Waals surface area contributed by atoms with Crippen LogP contribution >= 0.6 is 0 Å². The van der Waals surface area contributed by atoms with Gasteiger partial charge in [0.05, 0.1) is 11.4 Å². The first-order valence-electron chi connectivity index (χ1n) is 12.3. The Hall–Kier alpha value is -2.82. The first-order valence-corrected chi connectivity index (χ1v) is 12.3. The Bertz CT molecular complexity index is 958. The number of hydrogen-bond donors (Lipinski definition) is 4. The smallest absolute Gasteiger partial charge is 0.0578 e. The minimum atomic E-state index is 0.302. The van der Waals surface area contributed by atoms with Gasteiger partial charge in [-0.25, -0.2) is 0 Å². The second-order valence-electron chi connectivity index (χ2n) is 9.51. The van der Waals surface area contributed by atoms with E-state index in [2.05, 4.69) is 120 Å². The van der Waals surface area contributed by atoms with Crippen molar-refractivity contribution < 1.29 is 0 Å². The largest absolute Gasteiger partial charge is 0.382 e. The summed E-state index contributed by atoms with van der Waals surface area (Å²) in [5, 5.41) is 15.3. The van der Waals surface area contributed by atoms with Crippen molar-refractivity contribution in [1.82, 2.24) is 10.6 Å². The minimum Gasteiger partial charge on any atom is -0.382 e.